The number of aldehydes is 1. The molecule has 2 aromatic carbocycles. The molecule has 0 aliphatic carbocycles. The molecule has 0 aliphatic rings. The number of thioether (sulfide) groups is 1. The van der Waals surface area contributed by atoms with E-state index in [4.69, 9.17) is 4.74 Å². The largest absolute Gasteiger partial charge is 0.497 e. The van der Waals surface area contributed by atoms with Crippen molar-refractivity contribution in [1.82, 2.24) is 0 Å². The van der Waals surface area contributed by atoms with Crippen LogP contribution in [0, 0.1) is 0 Å². The first kappa shape index (κ1) is 19.3. The van der Waals surface area contributed by atoms with Crippen molar-refractivity contribution in [2.75, 3.05) is 13.4 Å². The van der Waals surface area contributed by atoms with Crippen LogP contribution in [0.4, 0.5) is 0 Å². The van der Waals surface area contributed by atoms with Crippen molar-refractivity contribution in [3.8, 4) is 5.75 Å². The first-order valence-electron chi connectivity index (χ1n) is 8.70. The summed E-state index contributed by atoms with van der Waals surface area (Å²) < 4.78 is 5.28. The van der Waals surface area contributed by atoms with Gasteiger partial charge in [-0.15, -0.1) is 11.8 Å². The molecule has 2 nitrogen and oxygen atoms in total. The van der Waals surface area contributed by atoms with Crippen LogP contribution in [-0.2, 0) is 11.2 Å². The molecule has 0 saturated heterocycles. The fraction of sp³-hybridized carbons (Fsp3) is 0.318. The number of carbonyl (C=O) groups is 1. The smallest absolute Gasteiger partial charge is 0.150 e. The van der Waals surface area contributed by atoms with Gasteiger partial charge in [0, 0.05) is 10.5 Å². The van der Waals surface area contributed by atoms with E-state index in [0.29, 0.717) is 5.57 Å². The van der Waals surface area contributed by atoms with Gasteiger partial charge in [-0.05, 0) is 54.0 Å². The minimum atomic E-state index is 0.695. The summed E-state index contributed by atoms with van der Waals surface area (Å²) in [5.74, 6) is 0.825. The second-order valence-corrected chi connectivity index (χ2v) is 6.83. The third-order valence-corrected chi connectivity index (χ3v) is 5.03. The molecule has 0 saturated carbocycles. The van der Waals surface area contributed by atoms with E-state index in [-0.39, 0.29) is 0 Å². The van der Waals surface area contributed by atoms with Crippen molar-refractivity contribution in [2.45, 2.75) is 37.5 Å². The Kier molecular flexibility index (Phi) is 7.80. The number of hydrogen-bond acceptors (Lipinski definition) is 3. The van der Waals surface area contributed by atoms with Crippen LogP contribution < -0.4 is 4.74 Å². The molecule has 0 amide bonds. The molecule has 0 fully saturated rings. The maximum atomic E-state index is 11.6. The molecular formula is C22H26O2S. The van der Waals surface area contributed by atoms with Gasteiger partial charge in [0.2, 0.25) is 0 Å². The zero-order valence-corrected chi connectivity index (χ0v) is 16.1. The van der Waals surface area contributed by atoms with Gasteiger partial charge >= 0.3 is 0 Å². The Balaban J connectivity index is 2.24. The van der Waals surface area contributed by atoms with Crippen molar-refractivity contribution in [3.05, 3.63) is 59.2 Å². The van der Waals surface area contributed by atoms with E-state index >= 15 is 0 Å². The topological polar surface area (TPSA) is 26.3 Å². The summed E-state index contributed by atoms with van der Waals surface area (Å²) >= 11 is 1.65. The number of rotatable bonds is 9. The minimum Gasteiger partial charge on any atom is -0.497 e. The van der Waals surface area contributed by atoms with E-state index in [2.05, 4.69) is 19.1 Å². The van der Waals surface area contributed by atoms with E-state index in [1.54, 1.807) is 18.9 Å². The molecular weight excluding hydrogens is 328 g/mol. The summed E-state index contributed by atoms with van der Waals surface area (Å²) in [4.78, 5) is 12.7. The second-order valence-electron chi connectivity index (χ2n) is 5.98. The van der Waals surface area contributed by atoms with Crippen LogP contribution in [0.1, 0.15) is 42.9 Å². The van der Waals surface area contributed by atoms with Crippen molar-refractivity contribution in [1.29, 1.82) is 0 Å². The number of benzene rings is 2. The first-order chi connectivity index (χ1) is 12.2. The van der Waals surface area contributed by atoms with Gasteiger partial charge in [0.25, 0.3) is 0 Å². The predicted octanol–water partition coefficient (Wildman–Crippen LogP) is 5.89. The Morgan fingerprint density at radius 3 is 2.48 bits per heavy atom. The SMILES string of the molecule is CCCCCc1ccc(/C(C=O)=C/c2ccc(OC)cc2SC)cc1. The molecule has 25 heavy (non-hydrogen) atoms. The molecule has 0 unspecified atom stereocenters. The van der Waals surface area contributed by atoms with Gasteiger partial charge in [-0.3, -0.25) is 4.79 Å². The van der Waals surface area contributed by atoms with E-state index in [9.17, 15) is 4.79 Å². The molecule has 2 rings (SSSR count). The predicted molar refractivity (Wildman–Crippen MR) is 108 cm³/mol. The molecule has 0 atom stereocenters. The lowest BCUT2D eigenvalue weighted by Gasteiger charge is -2.08. The molecule has 3 heteroatoms. The standard InChI is InChI=1S/C22H26O2S/c1-4-5-6-7-17-8-10-18(11-9-17)20(16-23)14-19-12-13-21(24-2)15-22(19)25-3/h8-16H,4-7H2,1-3H3/b20-14+. The molecule has 0 bridgehead atoms. The average molecular weight is 355 g/mol. The molecule has 0 radical (unpaired) electrons. The van der Waals surface area contributed by atoms with Crippen LogP contribution in [0.15, 0.2) is 47.4 Å². The first-order valence-corrected chi connectivity index (χ1v) is 9.92. The van der Waals surface area contributed by atoms with Crippen LogP contribution in [0.3, 0.4) is 0 Å². The summed E-state index contributed by atoms with van der Waals surface area (Å²) in [6.45, 7) is 2.21. The van der Waals surface area contributed by atoms with Crippen molar-refractivity contribution in [3.63, 3.8) is 0 Å². The minimum absolute atomic E-state index is 0.695. The Bertz CT molecular complexity index is 717. The highest BCUT2D eigenvalue weighted by atomic mass is 32.2. The Labute approximate surface area is 155 Å². The lowest BCUT2D eigenvalue weighted by Crippen LogP contribution is -1.91. The highest BCUT2D eigenvalue weighted by Gasteiger charge is 2.06. The number of allylic oxidation sites excluding steroid dienone is 1. The fourth-order valence-electron chi connectivity index (χ4n) is 2.73. The van der Waals surface area contributed by atoms with Crippen LogP contribution in [0.5, 0.6) is 5.75 Å². The summed E-state index contributed by atoms with van der Waals surface area (Å²) in [6, 6.07) is 14.3. The zero-order valence-electron chi connectivity index (χ0n) is 15.2. The van der Waals surface area contributed by atoms with E-state index in [1.165, 1.54) is 24.8 Å². The molecule has 0 spiro atoms. The van der Waals surface area contributed by atoms with Crippen molar-refractivity contribution >= 4 is 29.7 Å². The van der Waals surface area contributed by atoms with Crippen LogP contribution in [0.2, 0.25) is 0 Å². The van der Waals surface area contributed by atoms with Gasteiger partial charge in [0.1, 0.15) is 5.75 Å². The van der Waals surface area contributed by atoms with Crippen LogP contribution in [-0.4, -0.2) is 19.7 Å². The second kappa shape index (κ2) is 10.1. The Morgan fingerprint density at radius 1 is 1.12 bits per heavy atom. The van der Waals surface area contributed by atoms with Gasteiger partial charge in [-0.1, -0.05) is 50.1 Å². The summed E-state index contributed by atoms with van der Waals surface area (Å²) in [5.41, 5.74) is 4.01. The summed E-state index contributed by atoms with van der Waals surface area (Å²) in [7, 11) is 1.66. The fourth-order valence-corrected chi connectivity index (χ4v) is 3.33. The molecule has 132 valence electrons. The van der Waals surface area contributed by atoms with Gasteiger partial charge in [-0.2, -0.15) is 0 Å². The van der Waals surface area contributed by atoms with E-state index in [0.717, 1.165) is 34.5 Å². The number of methoxy groups -OCH3 is 1. The zero-order chi connectivity index (χ0) is 18.1. The monoisotopic (exact) mass is 354 g/mol. The summed E-state index contributed by atoms with van der Waals surface area (Å²) in [5, 5.41) is 0. The molecule has 0 heterocycles. The maximum Gasteiger partial charge on any atom is 0.150 e. The Morgan fingerprint density at radius 2 is 1.88 bits per heavy atom. The molecule has 0 aliphatic heterocycles. The lowest BCUT2D eigenvalue weighted by atomic mass is 10.0. The number of unbranched alkanes of at least 4 members (excludes halogenated alkanes) is 2. The molecule has 0 aromatic heterocycles. The quantitative estimate of drug-likeness (QED) is 0.185. The highest BCUT2D eigenvalue weighted by Crippen LogP contribution is 2.28. The van der Waals surface area contributed by atoms with Crippen LogP contribution >= 0.6 is 11.8 Å². The van der Waals surface area contributed by atoms with Crippen molar-refractivity contribution < 1.29 is 9.53 Å². The molecule has 2 aromatic rings. The van der Waals surface area contributed by atoms with Crippen LogP contribution in [0.25, 0.3) is 11.6 Å². The summed E-state index contributed by atoms with van der Waals surface area (Å²) in [6.07, 6.45) is 9.72. The normalized spacial score (nSPS) is 11.4. The molecule has 0 N–H and O–H groups in total. The number of ether oxygens (including phenoxy) is 1. The highest BCUT2D eigenvalue weighted by molar-refractivity contribution is 7.98. The van der Waals surface area contributed by atoms with Crippen molar-refractivity contribution in [2.24, 2.45) is 0 Å². The van der Waals surface area contributed by atoms with E-state index < -0.39 is 0 Å². The number of aryl methyl sites for hydroxylation is 1. The van der Waals surface area contributed by atoms with Gasteiger partial charge in [0.15, 0.2) is 6.29 Å². The van der Waals surface area contributed by atoms with Gasteiger partial charge in [0.05, 0.1) is 7.11 Å². The van der Waals surface area contributed by atoms with Gasteiger partial charge in [-0.25, -0.2) is 0 Å². The lowest BCUT2D eigenvalue weighted by molar-refractivity contribution is -0.103. The van der Waals surface area contributed by atoms with Gasteiger partial charge < -0.3 is 4.74 Å². The maximum absolute atomic E-state index is 11.6. The van der Waals surface area contributed by atoms with E-state index in [1.807, 2.05) is 42.7 Å². The number of hydrogen-bond donors (Lipinski definition) is 0. The third-order valence-electron chi connectivity index (χ3n) is 4.23. The average Bonchev–Trinajstić information content (AvgIpc) is 2.67. The third kappa shape index (κ3) is 5.50. The number of carbonyl (C=O) groups excluding carboxylic acids is 1. The Hall–Kier alpha value is -2.00.